The molecule has 5 aromatic rings. The Balaban J connectivity index is 0.000000969. The van der Waals surface area contributed by atoms with Crippen molar-refractivity contribution in [2.45, 2.75) is 17.6 Å². The zero-order chi connectivity index (χ0) is 35.5. The number of hydrogen-bond donors (Lipinski definition) is 4. The molecule has 0 saturated carbocycles. The molecule has 19 heteroatoms. The molecule has 0 spiro atoms. The summed E-state index contributed by atoms with van der Waals surface area (Å²) in [7, 11) is -4.39. The third-order valence-corrected chi connectivity index (χ3v) is 8.30. The van der Waals surface area contributed by atoms with E-state index in [-0.39, 0.29) is 41.1 Å². The van der Waals surface area contributed by atoms with Crippen molar-refractivity contribution in [2.24, 2.45) is 5.73 Å². The molecule has 3 aromatic carbocycles. The molecule has 0 amide bonds. The largest absolute Gasteiger partial charge is 0.483 e. The van der Waals surface area contributed by atoms with E-state index < -0.39 is 32.5 Å². The highest BCUT2D eigenvalue weighted by atomic mass is 35.5. The summed E-state index contributed by atoms with van der Waals surface area (Å²) >= 11 is 7.23. The molecular formula is C29H22ClF4N5O7S2. The second-order valence-electron chi connectivity index (χ2n) is 8.90. The lowest BCUT2D eigenvalue weighted by molar-refractivity contribution is -0.137. The van der Waals surface area contributed by atoms with Gasteiger partial charge in [0, 0.05) is 24.4 Å². The Kier molecular flexibility index (Phi) is 12.9. The number of aromatic nitrogens is 3. The molecule has 2 aromatic heterocycles. The third kappa shape index (κ3) is 9.67. The molecule has 0 aliphatic carbocycles. The van der Waals surface area contributed by atoms with Crippen molar-refractivity contribution in [1.82, 2.24) is 15.2 Å². The Morgan fingerprint density at radius 2 is 1.65 bits per heavy atom. The number of nitrogens with two attached hydrogens (primary N) is 1. The van der Waals surface area contributed by atoms with Crippen LogP contribution in [0.2, 0.25) is 5.02 Å². The summed E-state index contributed by atoms with van der Waals surface area (Å²) < 4.78 is 88.6. The van der Waals surface area contributed by atoms with E-state index in [0.717, 1.165) is 35.6 Å². The maximum absolute atomic E-state index is 15.1. The smallest absolute Gasteiger partial charge is 0.416 e. The highest BCUT2D eigenvalue weighted by Crippen LogP contribution is 2.41. The topological polar surface area (TPSA) is 195 Å². The lowest BCUT2D eigenvalue weighted by atomic mass is 9.97. The van der Waals surface area contributed by atoms with Gasteiger partial charge in [-0.25, -0.2) is 12.8 Å². The van der Waals surface area contributed by atoms with Gasteiger partial charge in [-0.1, -0.05) is 41.1 Å². The number of nitrogens with zero attached hydrogens (tertiary/aromatic N) is 3. The first-order chi connectivity index (χ1) is 22.8. The molecule has 5 N–H and O–H groups in total. The van der Waals surface area contributed by atoms with Gasteiger partial charge in [-0.3, -0.25) is 19.3 Å². The number of carbonyl (C=O) groups is 2. The van der Waals surface area contributed by atoms with Crippen LogP contribution >= 0.6 is 22.9 Å². The minimum absolute atomic E-state index is 0.0643. The average Bonchev–Trinajstić information content (AvgIpc) is 3.55. The van der Waals surface area contributed by atoms with Crippen LogP contribution in [0.5, 0.6) is 11.5 Å². The fourth-order valence-electron chi connectivity index (χ4n) is 3.96. The van der Waals surface area contributed by atoms with Crippen LogP contribution in [-0.2, 0) is 32.3 Å². The number of nitrogens with one attached hydrogen (secondary N) is 1. The summed E-state index contributed by atoms with van der Waals surface area (Å²) in [4.78, 5) is 20.2. The van der Waals surface area contributed by atoms with Gasteiger partial charge < -0.3 is 20.7 Å². The molecule has 0 aliphatic rings. The van der Waals surface area contributed by atoms with Crippen LogP contribution in [0.3, 0.4) is 0 Å². The molecule has 12 nitrogen and oxygen atoms in total. The lowest BCUT2D eigenvalue weighted by Gasteiger charge is -2.16. The van der Waals surface area contributed by atoms with E-state index in [1.165, 1.54) is 36.0 Å². The number of rotatable bonds is 8. The van der Waals surface area contributed by atoms with Gasteiger partial charge in [0.15, 0.2) is 0 Å². The maximum atomic E-state index is 15.1. The maximum Gasteiger partial charge on any atom is 0.416 e. The van der Waals surface area contributed by atoms with E-state index in [0.29, 0.717) is 27.9 Å². The van der Waals surface area contributed by atoms with Crippen LogP contribution in [0.1, 0.15) is 11.3 Å². The summed E-state index contributed by atoms with van der Waals surface area (Å²) in [5, 5.41) is 20.6. The first-order valence-corrected chi connectivity index (χ1v) is 15.6. The normalized spacial score (nSPS) is 10.9. The summed E-state index contributed by atoms with van der Waals surface area (Å²) in [5.74, 6) is -1.20. The zero-order valence-electron chi connectivity index (χ0n) is 23.9. The fourth-order valence-corrected chi connectivity index (χ4v) is 6.00. The van der Waals surface area contributed by atoms with Crippen molar-refractivity contribution in [1.29, 1.82) is 0 Å². The van der Waals surface area contributed by atoms with Crippen molar-refractivity contribution in [3.05, 3.63) is 101 Å². The van der Waals surface area contributed by atoms with Crippen molar-refractivity contribution in [3.8, 4) is 33.8 Å². The minimum Gasteiger partial charge on any atom is -0.483 e. The number of benzene rings is 3. The van der Waals surface area contributed by atoms with Gasteiger partial charge >= 0.3 is 6.18 Å². The number of carboxylic acid groups (broad SMARTS) is 2. The predicted molar refractivity (Wildman–Crippen MR) is 168 cm³/mol. The molecule has 0 saturated heterocycles. The molecular weight excluding hydrogens is 706 g/mol. The van der Waals surface area contributed by atoms with E-state index in [4.69, 9.17) is 41.9 Å². The first-order valence-electron chi connectivity index (χ1n) is 12.9. The van der Waals surface area contributed by atoms with Gasteiger partial charge in [-0.05, 0) is 59.2 Å². The fraction of sp³-hybridized carbons (Fsp3) is 0.0690. The van der Waals surface area contributed by atoms with Crippen LogP contribution in [-0.4, -0.2) is 46.8 Å². The van der Waals surface area contributed by atoms with E-state index >= 15 is 4.39 Å². The van der Waals surface area contributed by atoms with Crippen LogP contribution in [0.25, 0.3) is 22.3 Å². The number of alkyl halides is 3. The summed E-state index contributed by atoms with van der Waals surface area (Å²) in [6.45, 7) is -0.380. The number of pyridine rings is 1. The highest BCUT2D eigenvalue weighted by molar-refractivity contribution is 7.93. The summed E-state index contributed by atoms with van der Waals surface area (Å²) in [6.07, 6.45) is -3.02. The zero-order valence-corrected chi connectivity index (χ0v) is 26.3. The predicted octanol–water partition coefficient (Wildman–Crippen LogP) is 6.53. The molecule has 0 unspecified atom stereocenters. The van der Waals surface area contributed by atoms with E-state index in [1.807, 2.05) is 0 Å². The molecule has 5 rings (SSSR count). The Hall–Kier alpha value is -5.17. The van der Waals surface area contributed by atoms with Crippen molar-refractivity contribution >= 4 is 51.0 Å². The van der Waals surface area contributed by atoms with Gasteiger partial charge in [-0.15, -0.1) is 10.2 Å². The Morgan fingerprint density at radius 3 is 2.27 bits per heavy atom. The second kappa shape index (κ2) is 16.6. The van der Waals surface area contributed by atoms with Gasteiger partial charge in [0.25, 0.3) is 23.0 Å². The highest BCUT2D eigenvalue weighted by Gasteiger charge is 2.30. The summed E-state index contributed by atoms with van der Waals surface area (Å²) in [5.41, 5.74) is 8.48. The Morgan fingerprint density at radius 1 is 0.958 bits per heavy atom. The van der Waals surface area contributed by atoms with Crippen molar-refractivity contribution in [2.75, 3.05) is 4.72 Å². The van der Waals surface area contributed by atoms with Crippen LogP contribution < -0.4 is 15.2 Å². The molecule has 0 aliphatic heterocycles. The number of anilines is 1. The monoisotopic (exact) mass is 727 g/mol. The standard InChI is InChI=1S/C27H18ClF4N5O3S2.2CH2O2/c28-21-11-25(42(38,39)37-26-36-35-14-41-26)22(29)12-24(21)40-23-5-4-16(15-2-1-3-18(8-15)27(30,31)32)10-20(23)17-6-7-34-19(9-17)13-33;2*2-1-3/h1-12,14H,13,33H2,(H,36,37);2*1H,(H,2,3). The lowest BCUT2D eigenvalue weighted by Crippen LogP contribution is -2.14. The number of ether oxygens (including phenoxy) is 1. The molecule has 48 heavy (non-hydrogen) atoms. The average molecular weight is 728 g/mol. The quantitative estimate of drug-likeness (QED) is 0.100. The van der Waals surface area contributed by atoms with Crippen LogP contribution in [0.15, 0.2) is 83.3 Å². The third-order valence-electron chi connectivity index (χ3n) is 5.92. The van der Waals surface area contributed by atoms with E-state index in [2.05, 4.69) is 19.9 Å². The van der Waals surface area contributed by atoms with Gasteiger partial charge in [0.2, 0.25) is 5.13 Å². The number of hydrogen-bond acceptors (Lipinski definition) is 10. The molecule has 0 radical (unpaired) electrons. The SMILES string of the molecule is NCc1cc(-c2cc(-c3cccc(C(F)(F)F)c3)ccc2Oc2cc(F)c(S(=O)(=O)Nc3nncs3)cc2Cl)ccn1.O=CO.O=CO. The molecule has 0 bridgehead atoms. The molecule has 252 valence electrons. The summed E-state index contributed by atoms with van der Waals surface area (Å²) in [6, 6.07) is 14.5. The molecule has 2 heterocycles. The first kappa shape index (κ1) is 37.3. The van der Waals surface area contributed by atoms with Crippen LogP contribution in [0.4, 0.5) is 22.7 Å². The van der Waals surface area contributed by atoms with E-state index in [1.54, 1.807) is 18.2 Å². The molecule has 0 atom stereocenters. The Bertz CT molecular complexity index is 1980. The van der Waals surface area contributed by atoms with Crippen molar-refractivity contribution < 1.29 is 50.5 Å². The van der Waals surface area contributed by atoms with Crippen molar-refractivity contribution in [3.63, 3.8) is 0 Å². The molecule has 0 fully saturated rings. The van der Waals surface area contributed by atoms with Gasteiger partial charge in [-0.2, -0.15) is 13.2 Å². The number of sulfonamides is 1. The Labute approximate surface area is 278 Å². The second-order valence-corrected chi connectivity index (χ2v) is 11.8. The van der Waals surface area contributed by atoms with Gasteiger partial charge in [0.05, 0.1) is 16.3 Å². The van der Waals surface area contributed by atoms with Gasteiger partial charge in [0.1, 0.15) is 27.7 Å². The number of halogens is 5. The van der Waals surface area contributed by atoms with E-state index in [9.17, 15) is 21.6 Å². The minimum atomic E-state index is -4.53. The van der Waals surface area contributed by atoms with Crippen LogP contribution in [0, 0.1) is 5.82 Å².